The van der Waals surface area contributed by atoms with E-state index >= 15 is 0 Å². The summed E-state index contributed by atoms with van der Waals surface area (Å²) in [6.07, 6.45) is 2.58. The predicted octanol–water partition coefficient (Wildman–Crippen LogP) is 3.12. The maximum absolute atomic E-state index is 4.79. The molecule has 1 saturated heterocycles. The first kappa shape index (κ1) is 14.3. The molecule has 1 aromatic rings. The van der Waals surface area contributed by atoms with Crippen LogP contribution in [0.4, 0.5) is 5.82 Å². The minimum absolute atomic E-state index is 0.636. The lowest BCUT2D eigenvalue weighted by atomic mass is 10.1. The molecule has 1 fully saturated rings. The molecule has 19 heavy (non-hydrogen) atoms. The highest BCUT2D eigenvalue weighted by Crippen LogP contribution is 2.24. The minimum Gasteiger partial charge on any atom is -0.354 e. The molecule has 2 rings (SSSR count). The highest BCUT2D eigenvalue weighted by molar-refractivity contribution is 5.43. The zero-order chi connectivity index (χ0) is 13.8. The van der Waals surface area contributed by atoms with E-state index in [9.17, 15) is 0 Å². The van der Waals surface area contributed by atoms with Crippen LogP contribution in [0, 0.1) is 12.8 Å². The fourth-order valence-corrected chi connectivity index (χ4v) is 2.69. The second kappa shape index (κ2) is 6.38. The largest absolute Gasteiger partial charge is 0.354 e. The average molecular weight is 261 g/mol. The lowest BCUT2D eigenvalue weighted by Gasteiger charge is -2.23. The highest BCUT2D eigenvalue weighted by atomic mass is 15.2. The molecule has 1 aromatic heterocycles. The van der Waals surface area contributed by atoms with Gasteiger partial charge >= 0.3 is 0 Å². The number of aromatic nitrogens is 1. The molecule has 106 valence electrons. The summed E-state index contributed by atoms with van der Waals surface area (Å²) in [5, 5.41) is 3.49. The van der Waals surface area contributed by atoms with E-state index in [0.717, 1.165) is 31.1 Å². The molecule has 0 spiro atoms. The van der Waals surface area contributed by atoms with Crippen LogP contribution in [0.1, 0.15) is 44.9 Å². The van der Waals surface area contributed by atoms with Crippen LogP contribution in [0.2, 0.25) is 0 Å². The third-order valence-corrected chi connectivity index (χ3v) is 3.90. The van der Waals surface area contributed by atoms with Crippen LogP contribution in [-0.2, 0) is 6.54 Å². The summed E-state index contributed by atoms with van der Waals surface area (Å²) in [5.74, 6) is 1.84. The van der Waals surface area contributed by atoms with Crippen molar-refractivity contribution in [2.75, 3.05) is 18.0 Å². The Labute approximate surface area is 117 Å². The quantitative estimate of drug-likeness (QED) is 0.882. The third kappa shape index (κ3) is 3.69. The van der Waals surface area contributed by atoms with Gasteiger partial charge in [0.25, 0.3) is 0 Å². The number of hydrogen-bond acceptors (Lipinski definition) is 3. The lowest BCUT2D eigenvalue weighted by molar-refractivity contribution is 0.551. The summed E-state index contributed by atoms with van der Waals surface area (Å²) >= 11 is 0. The number of pyridine rings is 1. The Hall–Kier alpha value is -1.09. The molecule has 3 heteroatoms. The fourth-order valence-electron chi connectivity index (χ4n) is 2.69. The molecule has 2 heterocycles. The Morgan fingerprint density at radius 1 is 1.42 bits per heavy atom. The Morgan fingerprint density at radius 3 is 2.79 bits per heavy atom. The number of anilines is 1. The van der Waals surface area contributed by atoms with Crippen molar-refractivity contribution < 1.29 is 0 Å². The van der Waals surface area contributed by atoms with Crippen LogP contribution in [0.15, 0.2) is 12.1 Å². The van der Waals surface area contributed by atoms with Gasteiger partial charge in [-0.2, -0.15) is 0 Å². The van der Waals surface area contributed by atoms with Gasteiger partial charge in [-0.3, -0.25) is 0 Å². The topological polar surface area (TPSA) is 28.2 Å². The summed E-state index contributed by atoms with van der Waals surface area (Å²) in [6.45, 7) is 12.0. The van der Waals surface area contributed by atoms with Crippen molar-refractivity contribution in [2.45, 2.75) is 53.1 Å². The van der Waals surface area contributed by atoms with Crippen LogP contribution in [0.5, 0.6) is 0 Å². The van der Waals surface area contributed by atoms with Gasteiger partial charge in [-0.05, 0) is 50.8 Å². The SMILES string of the molecule is Cc1nc(N2CCCC2C)ccc1CNCC(C)C. The van der Waals surface area contributed by atoms with Crippen LogP contribution in [0.25, 0.3) is 0 Å². The second-order valence-electron chi connectivity index (χ2n) is 6.12. The molecule has 1 aliphatic rings. The number of rotatable bonds is 5. The first-order valence-electron chi connectivity index (χ1n) is 7.52. The molecule has 1 N–H and O–H groups in total. The molecule has 1 atom stereocenters. The lowest BCUT2D eigenvalue weighted by Crippen LogP contribution is -2.27. The van der Waals surface area contributed by atoms with Gasteiger partial charge in [0.2, 0.25) is 0 Å². The predicted molar refractivity (Wildman–Crippen MR) is 81.6 cm³/mol. The van der Waals surface area contributed by atoms with Gasteiger partial charge in [0, 0.05) is 24.8 Å². The fraction of sp³-hybridized carbons (Fsp3) is 0.688. The molecular weight excluding hydrogens is 234 g/mol. The monoisotopic (exact) mass is 261 g/mol. The molecule has 0 amide bonds. The molecular formula is C16H27N3. The molecule has 1 aliphatic heterocycles. The Morgan fingerprint density at radius 2 is 2.21 bits per heavy atom. The van der Waals surface area contributed by atoms with Crippen LogP contribution in [0.3, 0.4) is 0 Å². The zero-order valence-corrected chi connectivity index (χ0v) is 12.7. The van der Waals surface area contributed by atoms with Gasteiger partial charge in [0.15, 0.2) is 0 Å². The summed E-state index contributed by atoms with van der Waals surface area (Å²) in [7, 11) is 0. The van der Waals surface area contributed by atoms with Gasteiger partial charge in [-0.1, -0.05) is 19.9 Å². The minimum atomic E-state index is 0.636. The Kier molecular flexibility index (Phi) is 4.81. The molecule has 0 bridgehead atoms. The summed E-state index contributed by atoms with van der Waals surface area (Å²) in [4.78, 5) is 7.22. The molecule has 0 saturated carbocycles. The first-order valence-corrected chi connectivity index (χ1v) is 7.52. The van der Waals surface area contributed by atoms with Crippen molar-refractivity contribution in [3.63, 3.8) is 0 Å². The molecule has 3 nitrogen and oxygen atoms in total. The maximum atomic E-state index is 4.79. The van der Waals surface area contributed by atoms with Crippen molar-refractivity contribution in [3.05, 3.63) is 23.4 Å². The molecule has 1 unspecified atom stereocenters. The zero-order valence-electron chi connectivity index (χ0n) is 12.7. The standard InChI is InChI=1S/C16H27N3/c1-12(2)10-17-11-15-7-8-16(18-14(15)4)19-9-5-6-13(19)3/h7-8,12-13,17H,5-6,9-11H2,1-4H3. The van der Waals surface area contributed by atoms with E-state index in [1.54, 1.807) is 0 Å². The van der Waals surface area contributed by atoms with Gasteiger partial charge in [0.05, 0.1) is 0 Å². The van der Waals surface area contributed by atoms with Gasteiger partial charge < -0.3 is 10.2 Å². The van der Waals surface area contributed by atoms with E-state index in [1.165, 1.54) is 18.4 Å². The summed E-state index contributed by atoms with van der Waals surface area (Å²) in [5.41, 5.74) is 2.48. The van der Waals surface area contributed by atoms with Crippen molar-refractivity contribution in [1.82, 2.24) is 10.3 Å². The third-order valence-electron chi connectivity index (χ3n) is 3.90. The maximum Gasteiger partial charge on any atom is 0.129 e. The Balaban J connectivity index is 2.00. The molecule has 0 radical (unpaired) electrons. The van der Waals surface area contributed by atoms with Crippen LogP contribution < -0.4 is 10.2 Å². The summed E-state index contributed by atoms with van der Waals surface area (Å²) < 4.78 is 0. The Bertz CT molecular complexity index is 414. The van der Waals surface area contributed by atoms with E-state index in [2.05, 4.69) is 50.0 Å². The number of nitrogens with one attached hydrogen (secondary N) is 1. The smallest absolute Gasteiger partial charge is 0.129 e. The highest BCUT2D eigenvalue weighted by Gasteiger charge is 2.21. The van der Waals surface area contributed by atoms with E-state index < -0.39 is 0 Å². The summed E-state index contributed by atoms with van der Waals surface area (Å²) in [6, 6.07) is 5.05. The average Bonchev–Trinajstić information content (AvgIpc) is 2.77. The number of nitrogens with zero attached hydrogens (tertiary/aromatic N) is 2. The van der Waals surface area contributed by atoms with Crippen molar-refractivity contribution in [2.24, 2.45) is 5.92 Å². The van der Waals surface area contributed by atoms with Gasteiger partial charge in [0.1, 0.15) is 5.82 Å². The van der Waals surface area contributed by atoms with E-state index in [0.29, 0.717) is 12.0 Å². The first-order chi connectivity index (χ1) is 9.08. The van der Waals surface area contributed by atoms with E-state index in [4.69, 9.17) is 4.98 Å². The van der Waals surface area contributed by atoms with Crippen LogP contribution >= 0.6 is 0 Å². The number of hydrogen-bond donors (Lipinski definition) is 1. The van der Waals surface area contributed by atoms with Gasteiger partial charge in [-0.25, -0.2) is 4.98 Å². The normalized spacial score (nSPS) is 19.4. The van der Waals surface area contributed by atoms with Crippen molar-refractivity contribution in [1.29, 1.82) is 0 Å². The second-order valence-corrected chi connectivity index (χ2v) is 6.12. The van der Waals surface area contributed by atoms with Crippen molar-refractivity contribution in [3.8, 4) is 0 Å². The van der Waals surface area contributed by atoms with E-state index in [1.807, 2.05) is 0 Å². The number of aryl methyl sites for hydroxylation is 1. The molecule has 0 aromatic carbocycles. The van der Waals surface area contributed by atoms with Gasteiger partial charge in [-0.15, -0.1) is 0 Å². The van der Waals surface area contributed by atoms with Crippen LogP contribution in [-0.4, -0.2) is 24.1 Å². The van der Waals surface area contributed by atoms with Crippen molar-refractivity contribution >= 4 is 5.82 Å². The molecule has 0 aliphatic carbocycles. The van der Waals surface area contributed by atoms with E-state index in [-0.39, 0.29) is 0 Å².